The summed E-state index contributed by atoms with van der Waals surface area (Å²) in [5.74, 6) is 1.59. The molecule has 2 heteroatoms. The van der Waals surface area contributed by atoms with Gasteiger partial charge in [-0.1, -0.05) is 32.1 Å². The van der Waals surface area contributed by atoms with Gasteiger partial charge in [0, 0.05) is 12.7 Å². The zero-order valence-electron chi connectivity index (χ0n) is 9.53. The number of ether oxygens (including phenoxy) is 1. The maximum atomic E-state index is 7.00. The molecule has 1 aromatic rings. The average Bonchev–Trinajstić information content (AvgIpc) is 2.31. The minimum absolute atomic E-state index is 0.569. The van der Waals surface area contributed by atoms with Crippen LogP contribution in [-0.2, 0) is 0 Å². The van der Waals surface area contributed by atoms with E-state index in [0.717, 1.165) is 12.9 Å². The Labute approximate surface area is 91.2 Å². The van der Waals surface area contributed by atoms with Crippen molar-refractivity contribution in [2.45, 2.75) is 19.8 Å². The van der Waals surface area contributed by atoms with Crippen molar-refractivity contribution in [3.8, 4) is 5.75 Å². The van der Waals surface area contributed by atoms with Crippen molar-refractivity contribution >= 4 is 6.08 Å². The van der Waals surface area contributed by atoms with Crippen LogP contribution in [0.1, 0.15) is 30.9 Å². The molecule has 2 nitrogen and oxygen atoms in total. The van der Waals surface area contributed by atoms with Crippen LogP contribution in [0, 0.1) is 0 Å². The van der Waals surface area contributed by atoms with Crippen LogP contribution in [0.4, 0.5) is 0 Å². The highest BCUT2D eigenvalue weighted by molar-refractivity contribution is 5.60. The summed E-state index contributed by atoms with van der Waals surface area (Å²) in [6.07, 6.45) is 4.15. The zero-order chi connectivity index (χ0) is 11.3. The molecule has 0 unspecified atom stereocenters. The molecule has 1 aliphatic rings. The van der Waals surface area contributed by atoms with Crippen LogP contribution in [0.25, 0.3) is 6.08 Å². The quantitative estimate of drug-likeness (QED) is 0.765. The lowest BCUT2D eigenvalue weighted by Crippen LogP contribution is -2.01. The van der Waals surface area contributed by atoms with Gasteiger partial charge in [-0.15, -0.1) is 0 Å². The number of hydrogen-bond acceptors (Lipinski definition) is 2. The summed E-state index contributed by atoms with van der Waals surface area (Å²) in [5.41, 5.74) is 2.53. The van der Waals surface area contributed by atoms with Gasteiger partial charge in [0.05, 0.1) is 0 Å². The fourth-order valence-corrected chi connectivity index (χ4v) is 1.49. The molecule has 0 spiro atoms. The number of aliphatic hydroxyl groups excluding tert-OH is 1. The van der Waals surface area contributed by atoms with Gasteiger partial charge in [0.15, 0.2) is 0 Å². The first-order chi connectivity index (χ1) is 7.27. The third-order valence-electron chi connectivity index (χ3n) is 2.34. The van der Waals surface area contributed by atoms with Crippen LogP contribution >= 0.6 is 0 Å². The fourth-order valence-electron chi connectivity index (χ4n) is 1.49. The second-order valence-electron chi connectivity index (χ2n) is 3.67. The van der Waals surface area contributed by atoms with E-state index < -0.39 is 0 Å². The molecule has 1 heterocycles. The largest absolute Gasteiger partial charge is 0.489 e. The number of hydrogen-bond donors (Lipinski definition) is 1. The molecule has 1 N–H and O–H groups in total. The van der Waals surface area contributed by atoms with Crippen LogP contribution in [0.3, 0.4) is 0 Å². The molecule has 0 aromatic heterocycles. The lowest BCUT2D eigenvalue weighted by Gasteiger charge is -2.14. The molecule has 1 aromatic carbocycles. The Balaban J connectivity index is 0.000000531. The molecule has 0 fully saturated rings. The maximum Gasteiger partial charge on any atom is 0.127 e. The number of rotatable bonds is 1. The van der Waals surface area contributed by atoms with Crippen molar-refractivity contribution in [1.29, 1.82) is 0 Å². The molecule has 0 saturated heterocycles. The topological polar surface area (TPSA) is 29.5 Å². The van der Waals surface area contributed by atoms with E-state index in [-0.39, 0.29) is 0 Å². The number of fused-ring (bicyclic) bond motifs is 1. The van der Waals surface area contributed by atoms with Gasteiger partial charge in [0.25, 0.3) is 0 Å². The molecule has 0 radical (unpaired) electrons. The first-order valence-electron chi connectivity index (χ1n) is 5.15. The van der Waals surface area contributed by atoms with E-state index >= 15 is 0 Å². The second-order valence-corrected chi connectivity index (χ2v) is 3.67. The average molecular weight is 206 g/mol. The monoisotopic (exact) mass is 206 g/mol. The van der Waals surface area contributed by atoms with Crippen molar-refractivity contribution in [1.82, 2.24) is 0 Å². The third kappa shape index (κ3) is 2.83. The normalized spacial score (nSPS) is 12.6. The lowest BCUT2D eigenvalue weighted by molar-refractivity contribution is 0.358. The van der Waals surface area contributed by atoms with Crippen LogP contribution in [0.5, 0.6) is 5.75 Å². The Morgan fingerprint density at radius 1 is 1.27 bits per heavy atom. The van der Waals surface area contributed by atoms with Crippen LogP contribution < -0.4 is 4.74 Å². The first kappa shape index (κ1) is 11.8. The molecule has 2 rings (SSSR count). The molecule has 0 saturated carbocycles. The molecule has 0 atom stereocenters. The highest BCUT2D eigenvalue weighted by Crippen LogP contribution is 2.27. The first-order valence-corrected chi connectivity index (χ1v) is 5.15. The Bertz CT molecular complexity index is 340. The lowest BCUT2D eigenvalue weighted by atomic mass is 10.0. The van der Waals surface area contributed by atoms with Crippen LogP contribution in [0.15, 0.2) is 24.3 Å². The second kappa shape index (κ2) is 5.56. The Hall–Kier alpha value is -1.28. The fraction of sp³-hybridized carbons (Fsp3) is 0.385. The van der Waals surface area contributed by atoms with Gasteiger partial charge in [0.2, 0.25) is 0 Å². The molecule has 1 aliphatic heterocycles. The summed E-state index contributed by atoms with van der Waals surface area (Å²) < 4.78 is 5.53. The van der Waals surface area contributed by atoms with Gasteiger partial charge in [-0.2, -0.15) is 0 Å². The Kier molecular flexibility index (Phi) is 4.37. The predicted molar refractivity (Wildman–Crippen MR) is 63.2 cm³/mol. The van der Waals surface area contributed by atoms with Gasteiger partial charge in [-0.3, -0.25) is 0 Å². The van der Waals surface area contributed by atoms with Crippen molar-refractivity contribution in [2.75, 3.05) is 13.7 Å². The zero-order valence-corrected chi connectivity index (χ0v) is 9.53. The Morgan fingerprint density at radius 2 is 2.00 bits per heavy atom. The molecule has 0 bridgehead atoms. The van der Waals surface area contributed by atoms with Gasteiger partial charge in [-0.05, 0) is 23.6 Å². The summed E-state index contributed by atoms with van der Waals surface area (Å²) >= 11 is 0. The molecule has 0 amide bonds. The smallest absolute Gasteiger partial charge is 0.127 e. The van der Waals surface area contributed by atoms with Crippen LogP contribution in [-0.4, -0.2) is 18.8 Å². The van der Waals surface area contributed by atoms with Gasteiger partial charge < -0.3 is 9.84 Å². The van der Waals surface area contributed by atoms with E-state index in [0.29, 0.717) is 12.5 Å². The standard InChI is InChI=1S/C12H14O.CH4O/c1-9(2)11-6-5-10-4-3-7-13-12(10)8-11;1-2/h3-6,8-9H,7H2,1-2H3;2H,1H3. The number of benzene rings is 1. The van der Waals surface area contributed by atoms with Crippen LogP contribution in [0.2, 0.25) is 0 Å². The highest BCUT2D eigenvalue weighted by Gasteiger charge is 2.07. The summed E-state index contributed by atoms with van der Waals surface area (Å²) in [6.45, 7) is 5.09. The molecule has 15 heavy (non-hydrogen) atoms. The SMILES string of the molecule is CC(C)c1ccc2c(c1)OCC=C2.CO. The van der Waals surface area contributed by atoms with E-state index in [1.165, 1.54) is 11.1 Å². The molecule has 82 valence electrons. The van der Waals surface area contributed by atoms with Gasteiger partial charge in [-0.25, -0.2) is 0 Å². The minimum atomic E-state index is 0.569. The van der Waals surface area contributed by atoms with Crippen molar-refractivity contribution in [3.63, 3.8) is 0 Å². The van der Waals surface area contributed by atoms with Gasteiger partial charge >= 0.3 is 0 Å². The molecule has 0 aliphatic carbocycles. The summed E-state index contributed by atoms with van der Waals surface area (Å²) in [4.78, 5) is 0. The summed E-state index contributed by atoms with van der Waals surface area (Å²) in [6, 6.07) is 6.44. The summed E-state index contributed by atoms with van der Waals surface area (Å²) in [7, 11) is 1.00. The summed E-state index contributed by atoms with van der Waals surface area (Å²) in [5, 5.41) is 7.00. The van der Waals surface area contributed by atoms with E-state index in [9.17, 15) is 0 Å². The van der Waals surface area contributed by atoms with Crippen molar-refractivity contribution in [3.05, 3.63) is 35.4 Å². The van der Waals surface area contributed by atoms with E-state index in [4.69, 9.17) is 9.84 Å². The maximum absolute atomic E-state index is 7.00. The minimum Gasteiger partial charge on any atom is -0.489 e. The number of aliphatic hydroxyl groups is 1. The molecular weight excluding hydrogens is 188 g/mol. The van der Waals surface area contributed by atoms with Gasteiger partial charge in [0.1, 0.15) is 12.4 Å². The molecular formula is C13H18O2. The predicted octanol–water partition coefficient (Wildman–Crippen LogP) is 2.82. The van der Waals surface area contributed by atoms with E-state index in [1.54, 1.807) is 0 Å². The van der Waals surface area contributed by atoms with E-state index in [2.05, 4.69) is 38.1 Å². The highest BCUT2D eigenvalue weighted by atomic mass is 16.5. The van der Waals surface area contributed by atoms with Crippen molar-refractivity contribution < 1.29 is 9.84 Å². The third-order valence-corrected chi connectivity index (χ3v) is 2.34. The van der Waals surface area contributed by atoms with Crippen molar-refractivity contribution in [2.24, 2.45) is 0 Å². The Morgan fingerprint density at radius 3 is 2.67 bits per heavy atom. The van der Waals surface area contributed by atoms with E-state index in [1.807, 2.05) is 6.08 Å².